The highest BCUT2D eigenvalue weighted by atomic mass is 32.2. The lowest BCUT2D eigenvalue weighted by molar-refractivity contribution is 0.316. The van der Waals surface area contributed by atoms with Crippen LogP contribution >= 0.6 is 0 Å². The van der Waals surface area contributed by atoms with Crippen LogP contribution in [0.15, 0.2) is 95.9 Å². The molecule has 0 spiro atoms. The van der Waals surface area contributed by atoms with Gasteiger partial charge in [0.15, 0.2) is 9.84 Å². The lowest BCUT2D eigenvalue weighted by Crippen LogP contribution is -2.31. The monoisotopic (exact) mass is 391 g/mol. The maximum atomic E-state index is 13.4. The first kappa shape index (κ1) is 18.9. The summed E-state index contributed by atoms with van der Waals surface area (Å²) in [6.07, 6.45) is 0.781. The number of rotatable bonds is 6. The summed E-state index contributed by atoms with van der Waals surface area (Å²) < 4.78 is 26.8. The second kappa shape index (κ2) is 8.29. The maximum Gasteiger partial charge on any atom is 0.182 e. The third-order valence-corrected chi connectivity index (χ3v) is 7.78. The molecule has 1 heterocycles. The molecular weight excluding hydrogens is 366 g/mol. The van der Waals surface area contributed by atoms with Crippen LogP contribution in [-0.4, -0.2) is 31.7 Å². The van der Waals surface area contributed by atoms with E-state index in [0.717, 1.165) is 19.5 Å². The number of sulfone groups is 1. The quantitative estimate of drug-likeness (QED) is 0.632. The highest BCUT2D eigenvalue weighted by Crippen LogP contribution is 2.31. The molecule has 0 saturated carbocycles. The molecule has 4 rings (SSSR count). The Hall–Kier alpha value is -2.43. The van der Waals surface area contributed by atoms with Crippen molar-refractivity contribution in [1.82, 2.24) is 4.90 Å². The third-order valence-electron chi connectivity index (χ3n) is 5.52. The Labute approximate surface area is 167 Å². The van der Waals surface area contributed by atoms with Crippen LogP contribution in [0.2, 0.25) is 0 Å². The smallest absolute Gasteiger partial charge is 0.182 e. The molecule has 0 N–H and O–H groups in total. The number of nitrogens with zero attached hydrogens (tertiary/aromatic N) is 1. The molecule has 0 unspecified atom stereocenters. The van der Waals surface area contributed by atoms with E-state index in [2.05, 4.69) is 29.2 Å². The van der Waals surface area contributed by atoms with Gasteiger partial charge in [-0.05, 0) is 35.6 Å². The van der Waals surface area contributed by atoms with E-state index < -0.39 is 9.84 Å². The van der Waals surface area contributed by atoms with Gasteiger partial charge in [-0.25, -0.2) is 8.42 Å². The highest BCUT2D eigenvalue weighted by Gasteiger charge is 2.41. The molecule has 0 amide bonds. The second-order valence-electron chi connectivity index (χ2n) is 7.53. The average Bonchev–Trinajstić information content (AvgIpc) is 3.13. The molecular formula is C24H25NO2S. The van der Waals surface area contributed by atoms with Crippen molar-refractivity contribution in [2.45, 2.75) is 23.1 Å². The summed E-state index contributed by atoms with van der Waals surface area (Å²) in [5.41, 5.74) is 2.42. The minimum atomic E-state index is -3.37. The van der Waals surface area contributed by atoms with Gasteiger partial charge in [-0.3, -0.25) is 4.90 Å². The van der Waals surface area contributed by atoms with Crippen LogP contribution in [0.5, 0.6) is 0 Å². The lowest BCUT2D eigenvalue weighted by atomic mass is 9.98. The van der Waals surface area contributed by atoms with E-state index in [-0.39, 0.29) is 11.2 Å². The molecule has 144 valence electrons. The van der Waals surface area contributed by atoms with Crippen LogP contribution in [0.25, 0.3) is 0 Å². The Balaban J connectivity index is 1.60. The Morgan fingerprint density at radius 1 is 0.714 bits per heavy atom. The second-order valence-corrected chi connectivity index (χ2v) is 9.69. The fourth-order valence-corrected chi connectivity index (χ4v) is 6.13. The Kier molecular flexibility index (Phi) is 5.60. The summed E-state index contributed by atoms with van der Waals surface area (Å²) >= 11 is 0. The van der Waals surface area contributed by atoms with Crippen molar-refractivity contribution >= 4 is 9.84 Å². The molecule has 4 heteroatoms. The predicted molar refractivity (Wildman–Crippen MR) is 113 cm³/mol. The zero-order valence-corrected chi connectivity index (χ0v) is 16.6. The lowest BCUT2D eigenvalue weighted by Gasteiger charge is -2.19. The molecule has 1 aliphatic rings. The first-order chi connectivity index (χ1) is 13.6. The molecule has 3 aromatic rings. The van der Waals surface area contributed by atoms with Gasteiger partial charge in [0.1, 0.15) is 0 Å². The van der Waals surface area contributed by atoms with Crippen molar-refractivity contribution in [2.24, 2.45) is 5.92 Å². The number of hydrogen-bond donors (Lipinski definition) is 0. The SMILES string of the molecule is O=S(=O)(c1ccccc1)[C@H]1CN(Cc2ccccc2)C[C@@H]1Cc1ccccc1. The predicted octanol–water partition coefficient (Wildman–Crippen LogP) is 4.20. The molecule has 3 aromatic carbocycles. The minimum absolute atomic E-state index is 0.0799. The van der Waals surface area contributed by atoms with Crippen LogP contribution in [0.1, 0.15) is 11.1 Å². The van der Waals surface area contributed by atoms with Gasteiger partial charge in [-0.15, -0.1) is 0 Å². The first-order valence-electron chi connectivity index (χ1n) is 9.72. The van der Waals surface area contributed by atoms with Crippen LogP contribution in [0.4, 0.5) is 0 Å². The van der Waals surface area contributed by atoms with Gasteiger partial charge in [-0.2, -0.15) is 0 Å². The van der Waals surface area contributed by atoms with Crippen molar-refractivity contribution < 1.29 is 8.42 Å². The molecule has 28 heavy (non-hydrogen) atoms. The molecule has 3 nitrogen and oxygen atoms in total. The van der Waals surface area contributed by atoms with Gasteiger partial charge < -0.3 is 0 Å². The molecule has 0 radical (unpaired) electrons. The summed E-state index contributed by atoms with van der Waals surface area (Å²) in [5.74, 6) is 0.0799. The minimum Gasteiger partial charge on any atom is -0.297 e. The van der Waals surface area contributed by atoms with E-state index >= 15 is 0 Å². The molecule has 1 saturated heterocycles. The van der Waals surface area contributed by atoms with E-state index in [1.165, 1.54) is 11.1 Å². The average molecular weight is 392 g/mol. The standard InChI is InChI=1S/C24H25NO2S/c26-28(27,23-14-8-3-9-15-23)24-19-25(17-21-12-6-2-7-13-21)18-22(24)16-20-10-4-1-5-11-20/h1-15,22,24H,16-19H2/t22-,24-/m0/s1. The third kappa shape index (κ3) is 4.18. The van der Waals surface area contributed by atoms with Crippen molar-refractivity contribution in [2.75, 3.05) is 13.1 Å². The number of benzene rings is 3. The van der Waals surface area contributed by atoms with Crippen LogP contribution in [0.3, 0.4) is 0 Å². The van der Waals surface area contributed by atoms with Gasteiger partial charge in [0.2, 0.25) is 0 Å². The van der Waals surface area contributed by atoms with E-state index in [1.54, 1.807) is 24.3 Å². The van der Waals surface area contributed by atoms with Crippen LogP contribution in [0, 0.1) is 5.92 Å². The van der Waals surface area contributed by atoms with Gasteiger partial charge in [0, 0.05) is 19.6 Å². The zero-order chi connectivity index (χ0) is 19.4. The summed E-state index contributed by atoms with van der Waals surface area (Å²) in [6.45, 7) is 2.15. The molecule has 1 fully saturated rings. The van der Waals surface area contributed by atoms with Gasteiger partial charge >= 0.3 is 0 Å². The number of hydrogen-bond acceptors (Lipinski definition) is 3. The summed E-state index contributed by atoms with van der Waals surface area (Å²) in [5, 5.41) is -0.390. The van der Waals surface area contributed by atoms with E-state index in [1.807, 2.05) is 42.5 Å². The topological polar surface area (TPSA) is 37.4 Å². The molecule has 2 atom stereocenters. The zero-order valence-electron chi connectivity index (χ0n) is 15.8. The fraction of sp³-hybridized carbons (Fsp3) is 0.250. The first-order valence-corrected chi connectivity index (χ1v) is 11.3. The summed E-state index contributed by atoms with van der Waals surface area (Å²) in [7, 11) is -3.37. The normalized spacial score (nSPS) is 20.3. The maximum absolute atomic E-state index is 13.4. The van der Waals surface area contributed by atoms with Crippen molar-refractivity contribution in [3.8, 4) is 0 Å². The Morgan fingerprint density at radius 3 is 1.86 bits per heavy atom. The summed E-state index contributed by atoms with van der Waals surface area (Å²) in [4.78, 5) is 2.72. The van der Waals surface area contributed by atoms with E-state index in [9.17, 15) is 8.42 Å². The summed E-state index contributed by atoms with van der Waals surface area (Å²) in [6, 6.07) is 29.4. The van der Waals surface area contributed by atoms with Crippen molar-refractivity contribution in [3.63, 3.8) is 0 Å². The Bertz CT molecular complexity index is 989. The highest BCUT2D eigenvalue weighted by molar-refractivity contribution is 7.92. The van der Waals surface area contributed by atoms with Crippen molar-refractivity contribution in [1.29, 1.82) is 0 Å². The molecule has 0 bridgehead atoms. The van der Waals surface area contributed by atoms with Crippen molar-refractivity contribution in [3.05, 3.63) is 102 Å². The fourth-order valence-electron chi connectivity index (χ4n) is 4.15. The molecule has 1 aliphatic heterocycles. The number of likely N-dealkylation sites (tertiary alicyclic amines) is 1. The van der Waals surface area contributed by atoms with Crippen LogP contribution < -0.4 is 0 Å². The Morgan fingerprint density at radius 2 is 1.25 bits per heavy atom. The van der Waals surface area contributed by atoms with Gasteiger partial charge in [0.05, 0.1) is 10.1 Å². The molecule has 0 aliphatic carbocycles. The van der Waals surface area contributed by atoms with Gasteiger partial charge in [-0.1, -0.05) is 78.9 Å². The van der Waals surface area contributed by atoms with E-state index in [4.69, 9.17) is 0 Å². The van der Waals surface area contributed by atoms with Crippen LogP contribution in [-0.2, 0) is 22.8 Å². The van der Waals surface area contributed by atoms with E-state index in [0.29, 0.717) is 11.4 Å². The molecule has 0 aromatic heterocycles. The largest absolute Gasteiger partial charge is 0.297 e. The van der Waals surface area contributed by atoms with Gasteiger partial charge in [0.25, 0.3) is 0 Å².